The molecule has 0 aromatic heterocycles. The molecule has 1 aliphatic heterocycles. The molecule has 1 heterocycles. The summed E-state index contributed by atoms with van der Waals surface area (Å²) in [5, 5.41) is 0.226. The average Bonchev–Trinajstić information content (AvgIpc) is 3.01. The van der Waals surface area contributed by atoms with Crippen LogP contribution in [0.5, 0.6) is 0 Å². The molecule has 32 heavy (non-hydrogen) atoms. The lowest BCUT2D eigenvalue weighted by molar-refractivity contribution is 0.0783. The third kappa shape index (κ3) is 3.67. The largest absolute Gasteiger partial charge is 0.337 e. The van der Waals surface area contributed by atoms with Gasteiger partial charge in [-0.15, -0.1) is 0 Å². The van der Waals surface area contributed by atoms with Gasteiger partial charge in [0.15, 0.2) is 0 Å². The molecule has 5 nitrogen and oxygen atoms in total. The zero-order chi connectivity index (χ0) is 23.2. The van der Waals surface area contributed by atoms with Crippen LogP contribution in [0.1, 0.15) is 47.8 Å². The van der Waals surface area contributed by atoms with E-state index in [1.807, 2.05) is 26.0 Å². The Morgan fingerprint density at radius 3 is 2.44 bits per heavy atom. The van der Waals surface area contributed by atoms with Crippen LogP contribution in [0.3, 0.4) is 0 Å². The number of carbonyl (C=O) groups excluding carboxylic acids is 3. The lowest BCUT2D eigenvalue weighted by atomic mass is 10.0. The highest BCUT2D eigenvalue weighted by atomic mass is 35.5. The summed E-state index contributed by atoms with van der Waals surface area (Å²) in [6.07, 6.45) is 0. The number of hydrogen-bond acceptors (Lipinski definition) is 3. The summed E-state index contributed by atoms with van der Waals surface area (Å²) in [6.45, 7) is 3.68. The van der Waals surface area contributed by atoms with E-state index in [2.05, 4.69) is 0 Å². The van der Waals surface area contributed by atoms with Gasteiger partial charge in [0.05, 0.1) is 16.8 Å². The molecular weight excluding hydrogens is 431 g/mol. The topological polar surface area (TPSA) is 57.7 Å². The first-order valence-corrected chi connectivity index (χ1v) is 10.3. The summed E-state index contributed by atoms with van der Waals surface area (Å²) < 4.78 is 14.1. The number of imide groups is 1. The van der Waals surface area contributed by atoms with Crippen LogP contribution in [0.2, 0.25) is 5.02 Å². The van der Waals surface area contributed by atoms with Gasteiger partial charge in [-0.25, -0.2) is 9.29 Å². The lowest BCUT2D eigenvalue weighted by Gasteiger charge is -2.19. The fourth-order valence-electron chi connectivity index (χ4n) is 3.77. The quantitative estimate of drug-likeness (QED) is 0.515. The van der Waals surface area contributed by atoms with Gasteiger partial charge in [-0.3, -0.25) is 14.4 Å². The molecule has 4 rings (SSSR count). The first-order valence-electron chi connectivity index (χ1n) is 9.97. The Morgan fingerprint density at radius 1 is 1.00 bits per heavy atom. The maximum atomic E-state index is 14.1. The Morgan fingerprint density at radius 2 is 1.72 bits per heavy atom. The molecule has 0 N–H and O–H groups in total. The number of fused-ring (bicyclic) bond motifs is 1. The van der Waals surface area contributed by atoms with E-state index in [0.717, 1.165) is 16.0 Å². The predicted molar refractivity (Wildman–Crippen MR) is 121 cm³/mol. The van der Waals surface area contributed by atoms with Crippen LogP contribution in [0.4, 0.5) is 10.1 Å². The summed E-state index contributed by atoms with van der Waals surface area (Å²) >= 11 is 6.07. The summed E-state index contributed by atoms with van der Waals surface area (Å²) in [6, 6.07) is 14.3. The van der Waals surface area contributed by atoms with E-state index in [9.17, 15) is 18.8 Å². The third-order valence-corrected chi connectivity index (χ3v) is 5.90. The summed E-state index contributed by atoms with van der Waals surface area (Å²) in [5.41, 5.74) is 3.08. The number of amides is 3. The van der Waals surface area contributed by atoms with Crippen molar-refractivity contribution >= 4 is 35.0 Å². The molecule has 3 aromatic carbocycles. The van der Waals surface area contributed by atoms with E-state index in [1.165, 1.54) is 42.3 Å². The molecule has 0 fully saturated rings. The van der Waals surface area contributed by atoms with Crippen LogP contribution in [0.15, 0.2) is 54.6 Å². The van der Waals surface area contributed by atoms with Crippen molar-refractivity contribution in [3.05, 3.63) is 98.8 Å². The zero-order valence-corrected chi connectivity index (χ0v) is 18.5. The molecule has 0 saturated heterocycles. The molecule has 0 saturated carbocycles. The Labute approximate surface area is 190 Å². The van der Waals surface area contributed by atoms with Gasteiger partial charge in [-0.2, -0.15) is 0 Å². The van der Waals surface area contributed by atoms with Crippen LogP contribution in [0.25, 0.3) is 0 Å². The van der Waals surface area contributed by atoms with E-state index in [1.54, 1.807) is 12.1 Å². The first kappa shape index (κ1) is 21.7. The highest BCUT2D eigenvalue weighted by Gasteiger charge is 2.38. The molecule has 3 amide bonds. The number of benzene rings is 3. The Bertz CT molecular complexity index is 1270. The number of carbonyl (C=O) groups is 3. The smallest absolute Gasteiger partial charge is 0.266 e. The van der Waals surface area contributed by atoms with Gasteiger partial charge in [0.1, 0.15) is 5.82 Å². The van der Waals surface area contributed by atoms with Crippen molar-refractivity contribution < 1.29 is 18.8 Å². The van der Waals surface area contributed by atoms with Gasteiger partial charge in [0.2, 0.25) is 0 Å². The normalized spacial score (nSPS) is 12.8. The van der Waals surface area contributed by atoms with Crippen LogP contribution in [0, 0.1) is 19.7 Å². The number of hydrogen-bond donors (Lipinski definition) is 0. The molecule has 0 spiro atoms. The van der Waals surface area contributed by atoms with Gasteiger partial charge in [-0.1, -0.05) is 29.8 Å². The average molecular weight is 451 g/mol. The second kappa shape index (κ2) is 8.20. The van der Waals surface area contributed by atoms with E-state index in [-0.39, 0.29) is 33.8 Å². The number of anilines is 1. The molecule has 0 unspecified atom stereocenters. The highest BCUT2D eigenvalue weighted by molar-refractivity contribution is 6.35. The fraction of sp³-hybridized carbons (Fsp3) is 0.160. The van der Waals surface area contributed by atoms with E-state index in [0.29, 0.717) is 5.69 Å². The zero-order valence-electron chi connectivity index (χ0n) is 17.8. The van der Waals surface area contributed by atoms with Crippen molar-refractivity contribution in [2.75, 3.05) is 11.9 Å². The third-order valence-electron chi connectivity index (χ3n) is 5.54. The number of nitrogens with zero attached hydrogens (tertiary/aromatic N) is 2. The lowest BCUT2D eigenvalue weighted by Crippen LogP contribution is -2.30. The van der Waals surface area contributed by atoms with Gasteiger partial charge < -0.3 is 4.90 Å². The first-order chi connectivity index (χ1) is 15.2. The second-order valence-corrected chi connectivity index (χ2v) is 8.26. The molecular formula is C25H20ClFN2O3. The Kier molecular flexibility index (Phi) is 5.57. The molecule has 0 bridgehead atoms. The number of halogens is 2. The number of rotatable bonds is 4. The molecule has 0 radical (unpaired) electrons. The SMILES string of the molecule is Cc1ccc(C)c(N2C(=O)c3ccc(C(=O)N(C)Cc4c(F)cccc4Cl)cc3C2=O)c1. The molecule has 3 aromatic rings. The van der Waals surface area contributed by atoms with Crippen molar-refractivity contribution in [2.45, 2.75) is 20.4 Å². The molecule has 0 aliphatic carbocycles. The molecule has 7 heteroatoms. The van der Waals surface area contributed by atoms with Crippen LogP contribution >= 0.6 is 11.6 Å². The van der Waals surface area contributed by atoms with Crippen LogP contribution in [-0.2, 0) is 6.54 Å². The summed E-state index contributed by atoms with van der Waals surface area (Å²) in [5.74, 6) is -1.83. The minimum absolute atomic E-state index is 0.0388. The van der Waals surface area contributed by atoms with Gasteiger partial charge in [0.25, 0.3) is 17.7 Å². The van der Waals surface area contributed by atoms with Gasteiger partial charge in [-0.05, 0) is 61.4 Å². The predicted octanol–water partition coefficient (Wildman–Crippen LogP) is 5.17. The van der Waals surface area contributed by atoms with E-state index in [4.69, 9.17) is 11.6 Å². The molecule has 162 valence electrons. The molecule has 0 atom stereocenters. The Balaban J connectivity index is 1.64. The van der Waals surface area contributed by atoms with Gasteiger partial charge >= 0.3 is 0 Å². The summed E-state index contributed by atoms with van der Waals surface area (Å²) in [7, 11) is 1.52. The maximum absolute atomic E-state index is 14.1. The van der Waals surface area contributed by atoms with Crippen LogP contribution < -0.4 is 4.90 Å². The minimum atomic E-state index is -0.504. The second-order valence-electron chi connectivity index (χ2n) is 7.86. The Hall–Kier alpha value is -3.51. The fourth-order valence-corrected chi connectivity index (χ4v) is 3.99. The maximum Gasteiger partial charge on any atom is 0.266 e. The van der Waals surface area contributed by atoms with E-state index < -0.39 is 23.5 Å². The minimum Gasteiger partial charge on any atom is -0.337 e. The van der Waals surface area contributed by atoms with Crippen molar-refractivity contribution in [3.63, 3.8) is 0 Å². The standard InChI is InChI=1S/C25H20ClFN2O3/c1-14-7-8-15(2)22(11-14)29-24(31)17-10-9-16(12-18(17)25(29)32)23(30)28(3)13-19-20(26)5-4-6-21(19)27/h4-12H,13H2,1-3H3. The monoisotopic (exact) mass is 450 g/mol. The summed E-state index contributed by atoms with van der Waals surface area (Å²) in [4.78, 5) is 41.5. The van der Waals surface area contributed by atoms with Crippen LogP contribution in [-0.4, -0.2) is 29.7 Å². The van der Waals surface area contributed by atoms with Crippen molar-refractivity contribution in [1.82, 2.24) is 4.90 Å². The highest BCUT2D eigenvalue weighted by Crippen LogP contribution is 2.32. The van der Waals surface area contributed by atoms with Crippen molar-refractivity contribution in [1.29, 1.82) is 0 Å². The molecule has 1 aliphatic rings. The van der Waals surface area contributed by atoms with Gasteiger partial charge in [0, 0.05) is 29.7 Å². The van der Waals surface area contributed by atoms with E-state index >= 15 is 0 Å². The number of aryl methyl sites for hydroxylation is 2. The van der Waals surface area contributed by atoms with Crippen molar-refractivity contribution in [3.8, 4) is 0 Å². The van der Waals surface area contributed by atoms with Crippen molar-refractivity contribution in [2.24, 2.45) is 0 Å².